The first kappa shape index (κ1) is 32.2. The van der Waals surface area contributed by atoms with Crippen LogP contribution >= 0.6 is 11.3 Å². The van der Waals surface area contributed by atoms with Crippen molar-refractivity contribution < 1.29 is 4.74 Å². The van der Waals surface area contributed by atoms with Gasteiger partial charge in [-0.3, -0.25) is 9.30 Å². The Balaban J connectivity index is 1.09. The first-order valence-electron chi connectivity index (χ1n) is 19.1. The van der Waals surface area contributed by atoms with Crippen LogP contribution in [-0.4, -0.2) is 22.4 Å². The molecule has 4 aromatic heterocycles. The van der Waals surface area contributed by atoms with Gasteiger partial charge in [0.1, 0.15) is 23.0 Å². The Morgan fingerprint density at radius 2 is 1.25 bits per heavy atom. The largest absolute Gasteiger partial charge is 0.457 e. The molecular weight excluding hydrogens is 733 g/mol. The molecular formula is C50H32N4OSSi. The maximum Gasteiger partial charge on any atom is 0.186 e. The zero-order valence-electron chi connectivity index (χ0n) is 30.6. The zero-order valence-corrected chi connectivity index (χ0v) is 32.4. The van der Waals surface area contributed by atoms with Crippen LogP contribution in [-0.2, 0) is 0 Å². The highest BCUT2D eigenvalue weighted by atomic mass is 32.1. The second-order valence-corrected chi connectivity index (χ2v) is 19.4. The number of anilines is 3. The highest BCUT2D eigenvalue weighted by Crippen LogP contribution is 2.47. The van der Waals surface area contributed by atoms with Gasteiger partial charge in [-0.25, -0.2) is 9.97 Å². The molecule has 268 valence electrons. The van der Waals surface area contributed by atoms with Gasteiger partial charge in [0, 0.05) is 50.9 Å². The first-order valence-corrected chi connectivity index (χ1v) is 22.0. The van der Waals surface area contributed by atoms with E-state index in [1.54, 1.807) is 0 Å². The fraction of sp³-hybridized carbons (Fsp3) is 0. The summed E-state index contributed by atoms with van der Waals surface area (Å²) in [6.45, 7) is 0. The molecule has 7 aromatic carbocycles. The number of fused-ring (bicyclic) bond motifs is 12. The number of ether oxygens (including phenoxy) is 1. The van der Waals surface area contributed by atoms with Gasteiger partial charge in [-0.15, -0.1) is 11.3 Å². The van der Waals surface area contributed by atoms with Crippen molar-refractivity contribution in [3.63, 3.8) is 0 Å². The number of hydrogen-bond donors (Lipinski definition) is 0. The van der Waals surface area contributed by atoms with Crippen molar-refractivity contribution in [3.8, 4) is 11.5 Å². The van der Waals surface area contributed by atoms with E-state index in [0.717, 1.165) is 44.9 Å². The Hall–Kier alpha value is -7.06. The van der Waals surface area contributed by atoms with Gasteiger partial charge in [-0.2, -0.15) is 0 Å². The van der Waals surface area contributed by atoms with Crippen LogP contribution in [0, 0.1) is 0 Å². The summed E-state index contributed by atoms with van der Waals surface area (Å²) < 4.78 is 11.5. The highest BCUT2D eigenvalue weighted by Gasteiger charge is 2.50. The monoisotopic (exact) mass is 764 g/mol. The Morgan fingerprint density at radius 1 is 0.509 bits per heavy atom. The quantitative estimate of drug-likeness (QED) is 0.129. The zero-order chi connectivity index (χ0) is 37.5. The van der Waals surface area contributed by atoms with E-state index in [2.05, 4.69) is 179 Å². The lowest BCUT2D eigenvalue weighted by Crippen LogP contribution is -2.77. The summed E-state index contributed by atoms with van der Waals surface area (Å²) >= 11 is 1.86. The van der Waals surface area contributed by atoms with Gasteiger partial charge in [0.05, 0.1) is 21.6 Å². The number of pyridine rings is 2. The van der Waals surface area contributed by atoms with Gasteiger partial charge in [0.2, 0.25) is 0 Å². The van der Waals surface area contributed by atoms with E-state index in [9.17, 15) is 0 Å². The number of benzene rings is 7. The molecule has 0 aliphatic carbocycles. The minimum absolute atomic E-state index is 0.745. The normalized spacial score (nSPS) is 13.4. The predicted molar refractivity (Wildman–Crippen MR) is 239 cm³/mol. The molecule has 1 aliphatic heterocycles. The molecule has 0 saturated carbocycles. The second kappa shape index (κ2) is 12.5. The van der Waals surface area contributed by atoms with Crippen molar-refractivity contribution in [1.82, 2.24) is 14.4 Å². The third-order valence-corrected chi connectivity index (χ3v) is 17.6. The maximum absolute atomic E-state index is 6.77. The molecule has 0 radical (unpaired) electrons. The molecule has 0 fully saturated rings. The molecule has 1 aliphatic rings. The minimum Gasteiger partial charge on any atom is -0.457 e. The van der Waals surface area contributed by atoms with Crippen LogP contribution in [0.1, 0.15) is 0 Å². The molecule has 0 atom stereocenters. The van der Waals surface area contributed by atoms with E-state index >= 15 is 0 Å². The Kier molecular flexibility index (Phi) is 7.05. The fourth-order valence-corrected chi connectivity index (χ4v) is 15.6. The van der Waals surface area contributed by atoms with Crippen molar-refractivity contribution in [2.24, 2.45) is 0 Å². The topological polar surface area (TPSA) is 42.7 Å². The number of thiophene rings is 1. The van der Waals surface area contributed by atoms with Crippen molar-refractivity contribution in [2.45, 2.75) is 0 Å². The summed E-state index contributed by atoms with van der Waals surface area (Å²) in [7, 11) is -2.89. The minimum atomic E-state index is -2.89. The predicted octanol–water partition coefficient (Wildman–Crippen LogP) is 10.4. The average Bonchev–Trinajstić information content (AvgIpc) is 3.93. The third kappa shape index (κ3) is 4.67. The fourth-order valence-electron chi connectivity index (χ4n) is 9.27. The van der Waals surface area contributed by atoms with E-state index in [1.807, 2.05) is 36.0 Å². The molecule has 0 unspecified atom stereocenters. The standard InChI is InChI=1S/C50H32N4OSSi/c1-3-15-36(16-4-1)57(37-17-5-2-6-18-37)45-27-26-41-40-20-8-10-22-44(40)56-48(41)47(45)54(50-46(57)23-12-28-51-50)33-13-11-14-34(31-33)55-35-24-25-38-39-19-7-9-21-43(39)53-30-29-52-49(53)42(38)32-35/h1-32H. The summed E-state index contributed by atoms with van der Waals surface area (Å²) in [5.74, 6) is 2.45. The third-order valence-electron chi connectivity index (χ3n) is 11.6. The molecule has 11 aromatic rings. The molecule has 7 heteroatoms. The molecule has 57 heavy (non-hydrogen) atoms. The van der Waals surface area contributed by atoms with Gasteiger partial charge < -0.3 is 4.74 Å². The van der Waals surface area contributed by atoms with E-state index in [0.29, 0.717) is 0 Å². The molecule has 5 nitrogen and oxygen atoms in total. The Bertz CT molecular complexity index is 3320. The summed E-state index contributed by atoms with van der Waals surface area (Å²) in [4.78, 5) is 12.4. The van der Waals surface area contributed by atoms with Crippen LogP contribution in [0.5, 0.6) is 11.5 Å². The summed E-state index contributed by atoms with van der Waals surface area (Å²) in [6.07, 6.45) is 5.82. The van der Waals surface area contributed by atoms with Gasteiger partial charge >= 0.3 is 0 Å². The summed E-state index contributed by atoms with van der Waals surface area (Å²) in [5.41, 5.74) is 4.22. The number of hydrogen-bond acceptors (Lipinski definition) is 5. The molecule has 0 spiro atoms. The summed E-state index contributed by atoms with van der Waals surface area (Å²) in [5, 5.41) is 11.2. The smallest absolute Gasteiger partial charge is 0.186 e. The van der Waals surface area contributed by atoms with E-state index in [1.165, 1.54) is 52.0 Å². The van der Waals surface area contributed by atoms with E-state index < -0.39 is 8.07 Å². The molecule has 5 heterocycles. The molecule has 0 bridgehead atoms. The number of rotatable bonds is 5. The molecule has 0 amide bonds. The van der Waals surface area contributed by atoms with Crippen LogP contribution in [0.2, 0.25) is 0 Å². The first-order chi connectivity index (χ1) is 28.3. The average molecular weight is 765 g/mol. The van der Waals surface area contributed by atoms with Gasteiger partial charge in [-0.1, -0.05) is 121 Å². The van der Waals surface area contributed by atoms with Crippen molar-refractivity contribution in [2.75, 3.05) is 4.90 Å². The van der Waals surface area contributed by atoms with Crippen LogP contribution in [0.4, 0.5) is 17.2 Å². The van der Waals surface area contributed by atoms with Crippen molar-refractivity contribution >= 4 is 105 Å². The molecule has 12 rings (SSSR count). The number of nitrogens with zero attached hydrogens (tertiary/aromatic N) is 4. The Morgan fingerprint density at radius 3 is 2.09 bits per heavy atom. The maximum atomic E-state index is 6.77. The van der Waals surface area contributed by atoms with Crippen molar-refractivity contribution in [3.05, 3.63) is 195 Å². The van der Waals surface area contributed by atoms with Crippen LogP contribution in [0.25, 0.3) is 47.5 Å². The lowest BCUT2D eigenvalue weighted by Gasteiger charge is -2.44. The number of aromatic nitrogens is 3. The van der Waals surface area contributed by atoms with Crippen LogP contribution in [0.15, 0.2) is 195 Å². The lowest BCUT2D eigenvalue weighted by molar-refractivity contribution is 0.483. The van der Waals surface area contributed by atoms with Gasteiger partial charge in [0.15, 0.2) is 8.07 Å². The number of imidazole rings is 1. The Labute approximate surface area is 333 Å². The molecule has 0 saturated heterocycles. The lowest BCUT2D eigenvalue weighted by atomic mass is 10.1. The van der Waals surface area contributed by atoms with Crippen LogP contribution < -0.4 is 30.4 Å². The highest BCUT2D eigenvalue weighted by molar-refractivity contribution is 7.27. The van der Waals surface area contributed by atoms with E-state index in [-0.39, 0.29) is 0 Å². The SMILES string of the molecule is c1ccc([Si]2(c3ccccc3)c3cccnc3N(c3cccc(Oc4ccc5c6ccccc6n6ccnc6c5c4)c3)c3c2ccc2c3sc3ccccc32)cc1. The van der Waals surface area contributed by atoms with E-state index in [4.69, 9.17) is 14.7 Å². The van der Waals surface area contributed by atoms with Gasteiger partial charge in [0.25, 0.3) is 0 Å². The van der Waals surface area contributed by atoms with Crippen LogP contribution in [0.3, 0.4) is 0 Å². The van der Waals surface area contributed by atoms with Gasteiger partial charge in [-0.05, 0) is 74.7 Å². The van der Waals surface area contributed by atoms with Crippen molar-refractivity contribution in [1.29, 1.82) is 0 Å². The summed E-state index contributed by atoms with van der Waals surface area (Å²) in [6, 6.07) is 63.5. The second-order valence-electron chi connectivity index (χ2n) is 14.6. The molecule has 0 N–H and O–H groups in total. The number of para-hydroxylation sites is 1.